The number of fused-ring (bicyclic) bond motifs is 2. The van der Waals surface area contributed by atoms with Crippen LogP contribution in [0, 0.1) is 6.92 Å². The second kappa shape index (κ2) is 10.8. The van der Waals surface area contributed by atoms with E-state index in [1.165, 1.54) is 59.6 Å². The summed E-state index contributed by atoms with van der Waals surface area (Å²) in [6.45, 7) is 7.82. The lowest BCUT2D eigenvalue weighted by atomic mass is 10.1. The smallest absolute Gasteiger partial charge is 0.271 e. The maximum absolute atomic E-state index is 13.7. The number of anilines is 1. The van der Waals surface area contributed by atoms with Gasteiger partial charge in [-0.2, -0.15) is 0 Å². The van der Waals surface area contributed by atoms with E-state index in [1.807, 2.05) is 35.8 Å². The highest BCUT2D eigenvalue weighted by Crippen LogP contribution is 2.46. The van der Waals surface area contributed by atoms with E-state index in [2.05, 4.69) is 36.9 Å². The lowest BCUT2D eigenvalue weighted by Gasteiger charge is -2.20. The molecule has 0 spiro atoms. The molecule has 2 aromatic carbocycles. The fourth-order valence-electron chi connectivity index (χ4n) is 5.19. The molecule has 2 heterocycles. The number of aromatic nitrogens is 1. The van der Waals surface area contributed by atoms with Crippen LogP contribution in [0.3, 0.4) is 0 Å². The Labute approximate surface area is 221 Å². The van der Waals surface area contributed by atoms with Crippen molar-refractivity contribution in [1.29, 1.82) is 0 Å². The summed E-state index contributed by atoms with van der Waals surface area (Å²) in [5, 5.41) is 1.02. The van der Waals surface area contributed by atoms with Gasteiger partial charge in [-0.05, 0) is 43.5 Å². The van der Waals surface area contributed by atoms with E-state index in [-0.39, 0.29) is 11.3 Å². The van der Waals surface area contributed by atoms with E-state index in [9.17, 15) is 9.59 Å². The summed E-state index contributed by atoms with van der Waals surface area (Å²) >= 11 is 3.21. The molecule has 36 heavy (non-hydrogen) atoms. The Hall–Kier alpha value is -2.57. The van der Waals surface area contributed by atoms with Gasteiger partial charge in [0.25, 0.3) is 5.56 Å². The minimum atomic E-state index is 0.0220. The molecule has 0 unspecified atom stereocenters. The van der Waals surface area contributed by atoms with Crippen LogP contribution in [0.4, 0.5) is 5.69 Å². The molecular weight excluding hydrogens is 484 g/mol. The van der Waals surface area contributed by atoms with Crippen LogP contribution in [0.15, 0.2) is 52.2 Å². The molecule has 0 saturated heterocycles. The average Bonchev–Trinajstić information content (AvgIpc) is 3.51. The standard InChI is InChI=1S/C30H34N2O2S2/c1-4-6-7-8-9-12-17-32-24-16-15-20(3)18-25(24)35-30(32)27-28(34)31(5-2)29(36-27)23-19-21-13-10-11-14-22(21)26(23)33/h10-11,13-16,18H,4-9,12,17,19H2,1-3H3. The van der Waals surface area contributed by atoms with E-state index < -0.39 is 0 Å². The number of Topliss-reactive ketones (excluding diaryl/α,β-unsaturated/α-hetero) is 1. The fraction of sp³-hybridized carbons (Fsp3) is 0.400. The van der Waals surface area contributed by atoms with Crippen LogP contribution in [0.2, 0.25) is 0 Å². The maximum Gasteiger partial charge on any atom is 0.271 e. The Morgan fingerprint density at radius 2 is 1.72 bits per heavy atom. The van der Waals surface area contributed by atoms with Crippen LogP contribution < -0.4 is 19.7 Å². The Morgan fingerprint density at radius 3 is 2.50 bits per heavy atom. The number of hydrogen-bond donors (Lipinski definition) is 0. The molecule has 0 fully saturated rings. The van der Waals surface area contributed by atoms with Gasteiger partial charge in [0.2, 0.25) is 0 Å². The summed E-state index contributed by atoms with van der Waals surface area (Å²) < 4.78 is 3.38. The van der Waals surface area contributed by atoms with Gasteiger partial charge in [-0.3, -0.25) is 14.2 Å². The SMILES string of the molecule is CCCCCCCCN1C(=c2sc(=C3Cc4ccccc4C3=O)n(CC)c2=O)Sc2cc(C)ccc21. The van der Waals surface area contributed by atoms with Crippen LogP contribution in [0.1, 0.15) is 73.9 Å². The first kappa shape index (κ1) is 25.1. The van der Waals surface area contributed by atoms with E-state index in [0.29, 0.717) is 13.0 Å². The number of carbonyl (C=O) groups excluding carboxylic acids is 1. The first-order valence-electron chi connectivity index (χ1n) is 13.2. The molecule has 0 amide bonds. The third-order valence-corrected chi connectivity index (χ3v) is 9.67. The highest BCUT2D eigenvalue weighted by atomic mass is 32.2. The number of ketones is 1. The van der Waals surface area contributed by atoms with Gasteiger partial charge in [0.15, 0.2) is 5.78 Å². The molecule has 188 valence electrons. The van der Waals surface area contributed by atoms with Gasteiger partial charge in [0.05, 0.1) is 5.69 Å². The number of thiazole rings is 1. The lowest BCUT2D eigenvalue weighted by Crippen LogP contribution is -2.35. The average molecular weight is 519 g/mol. The molecule has 1 aliphatic heterocycles. The zero-order valence-corrected chi connectivity index (χ0v) is 23.1. The van der Waals surface area contributed by atoms with E-state index >= 15 is 0 Å². The van der Waals surface area contributed by atoms with Crippen LogP contribution >= 0.6 is 23.1 Å². The Kier molecular flexibility index (Phi) is 7.54. The fourth-order valence-corrected chi connectivity index (χ4v) is 7.86. The molecule has 1 aromatic heterocycles. The van der Waals surface area contributed by atoms with Gasteiger partial charge in [-0.25, -0.2) is 0 Å². The number of carbonyl (C=O) groups is 1. The number of benzene rings is 2. The number of rotatable bonds is 8. The molecule has 0 N–H and O–H groups in total. The maximum atomic E-state index is 13.7. The van der Waals surface area contributed by atoms with Crippen molar-refractivity contribution in [1.82, 2.24) is 4.57 Å². The summed E-state index contributed by atoms with van der Waals surface area (Å²) in [7, 11) is 0. The summed E-state index contributed by atoms with van der Waals surface area (Å²) in [6.07, 6.45) is 8.01. The van der Waals surface area contributed by atoms with Crippen LogP contribution in [-0.4, -0.2) is 16.9 Å². The van der Waals surface area contributed by atoms with Crippen molar-refractivity contribution in [3.63, 3.8) is 0 Å². The molecule has 0 bridgehead atoms. The van der Waals surface area contributed by atoms with Crippen molar-refractivity contribution in [2.45, 2.75) is 77.2 Å². The van der Waals surface area contributed by atoms with E-state index in [0.717, 1.165) is 43.9 Å². The Morgan fingerprint density at radius 1 is 0.944 bits per heavy atom. The highest BCUT2D eigenvalue weighted by molar-refractivity contribution is 8.08. The van der Waals surface area contributed by atoms with Crippen LogP contribution in [0.25, 0.3) is 10.6 Å². The van der Waals surface area contributed by atoms with Crippen molar-refractivity contribution >= 4 is 45.2 Å². The number of aryl methyl sites for hydroxylation is 1. The van der Waals surface area contributed by atoms with Gasteiger partial charge in [-0.1, -0.05) is 81.1 Å². The number of nitrogens with zero attached hydrogens (tertiary/aromatic N) is 2. The van der Waals surface area contributed by atoms with Crippen LogP contribution in [0.5, 0.6) is 0 Å². The molecule has 6 heteroatoms. The van der Waals surface area contributed by atoms with Gasteiger partial charge in [-0.15, -0.1) is 11.3 Å². The molecule has 5 rings (SSSR count). The Balaban J connectivity index is 1.59. The predicted octanol–water partition coefficient (Wildman–Crippen LogP) is 5.87. The molecule has 0 saturated carbocycles. The first-order chi connectivity index (χ1) is 17.5. The van der Waals surface area contributed by atoms with Gasteiger partial charge >= 0.3 is 0 Å². The number of unbranched alkanes of at least 4 members (excludes halogenated alkanes) is 5. The van der Waals surface area contributed by atoms with Crippen molar-refractivity contribution in [2.24, 2.45) is 0 Å². The minimum absolute atomic E-state index is 0.0220. The molecule has 0 radical (unpaired) electrons. The minimum Gasteiger partial charge on any atom is -0.334 e. The third-order valence-electron chi connectivity index (χ3n) is 7.15. The first-order valence-corrected chi connectivity index (χ1v) is 14.8. The third kappa shape index (κ3) is 4.61. The zero-order valence-electron chi connectivity index (χ0n) is 21.4. The van der Waals surface area contributed by atoms with Crippen molar-refractivity contribution < 1.29 is 4.79 Å². The van der Waals surface area contributed by atoms with Gasteiger partial charge < -0.3 is 4.90 Å². The van der Waals surface area contributed by atoms with Crippen molar-refractivity contribution in [3.8, 4) is 0 Å². The van der Waals surface area contributed by atoms with E-state index in [1.54, 1.807) is 11.8 Å². The molecular formula is C30H34N2O2S2. The summed E-state index contributed by atoms with van der Waals surface area (Å²) in [5.41, 5.74) is 5.03. The van der Waals surface area contributed by atoms with Crippen molar-refractivity contribution in [3.05, 3.63) is 78.7 Å². The molecule has 1 aliphatic carbocycles. The molecule has 2 aliphatic rings. The topological polar surface area (TPSA) is 42.3 Å². The molecule has 4 nitrogen and oxygen atoms in total. The quantitative estimate of drug-likeness (QED) is 0.350. The van der Waals surface area contributed by atoms with Gasteiger partial charge in [0.1, 0.15) is 14.2 Å². The molecule has 3 aromatic rings. The highest BCUT2D eigenvalue weighted by Gasteiger charge is 2.30. The second-order valence-corrected chi connectivity index (χ2v) is 11.8. The lowest BCUT2D eigenvalue weighted by molar-refractivity contribution is 0.105. The van der Waals surface area contributed by atoms with E-state index in [4.69, 9.17) is 0 Å². The largest absolute Gasteiger partial charge is 0.334 e. The van der Waals surface area contributed by atoms with Crippen LogP contribution in [-0.2, 0) is 13.0 Å². The summed E-state index contributed by atoms with van der Waals surface area (Å²) in [4.78, 5) is 30.6. The molecule has 0 atom stereocenters. The summed E-state index contributed by atoms with van der Waals surface area (Å²) in [6, 6.07) is 14.4. The van der Waals surface area contributed by atoms with Crippen molar-refractivity contribution in [2.75, 3.05) is 11.4 Å². The number of hydrogen-bond acceptors (Lipinski definition) is 5. The zero-order chi connectivity index (χ0) is 25.2. The van der Waals surface area contributed by atoms with Gasteiger partial charge in [0, 0.05) is 35.5 Å². The summed E-state index contributed by atoms with van der Waals surface area (Å²) in [5.74, 6) is 0.0625. The second-order valence-electron chi connectivity index (χ2n) is 9.73. The Bertz CT molecular complexity index is 1480. The predicted molar refractivity (Wildman–Crippen MR) is 153 cm³/mol. The number of thioether (sulfide) groups is 1. The monoisotopic (exact) mass is 518 g/mol. The normalized spacial score (nSPS) is 17.6.